The van der Waals surface area contributed by atoms with Crippen LogP contribution in [0.5, 0.6) is 0 Å². The Labute approximate surface area is 214 Å². The minimum atomic E-state index is -4.94. The first-order valence-corrected chi connectivity index (χ1v) is 12.0. The zero-order valence-electron chi connectivity index (χ0n) is 19.8. The molecule has 1 amide bonds. The fourth-order valence-corrected chi connectivity index (χ4v) is 3.89. The summed E-state index contributed by atoms with van der Waals surface area (Å²) in [6.07, 6.45) is 0. The van der Waals surface area contributed by atoms with Gasteiger partial charge in [0.1, 0.15) is 12.6 Å². The van der Waals surface area contributed by atoms with Gasteiger partial charge in [-0.25, -0.2) is 18.6 Å². The first-order valence-electron chi connectivity index (χ1n) is 10.8. The summed E-state index contributed by atoms with van der Waals surface area (Å²) in [6.45, 7) is 1.81. The summed E-state index contributed by atoms with van der Waals surface area (Å²) >= 11 is 0. The highest BCUT2D eigenvalue weighted by Crippen LogP contribution is 2.40. The second-order valence-corrected chi connectivity index (χ2v) is 8.53. The van der Waals surface area contributed by atoms with E-state index in [0.717, 1.165) is 0 Å². The van der Waals surface area contributed by atoms with Crippen LogP contribution in [0.2, 0.25) is 0 Å². The molecule has 11 heteroatoms. The van der Waals surface area contributed by atoms with Crippen LogP contribution in [-0.2, 0) is 7.05 Å². The second-order valence-electron chi connectivity index (χ2n) is 7.78. The largest absolute Gasteiger partial charge is 0.349 e. The number of para-hydroxylation sites is 1. The summed E-state index contributed by atoms with van der Waals surface area (Å²) in [6, 6.07) is 27.3. The fraction of sp³-hybridized carbons (Fsp3) is 0.0769. The van der Waals surface area contributed by atoms with E-state index in [1.807, 2.05) is 73.7 Å². The van der Waals surface area contributed by atoms with Gasteiger partial charge in [0, 0.05) is 12.6 Å². The Kier molecular flexibility index (Phi) is 8.66. The maximum atomic E-state index is 13.5. The van der Waals surface area contributed by atoms with Crippen molar-refractivity contribution in [2.45, 2.75) is 6.92 Å². The molecule has 37 heavy (non-hydrogen) atoms. The highest BCUT2D eigenvalue weighted by molar-refractivity contribution is 6.11. The first-order chi connectivity index (χ1) is 17.5. The van der Waals surface area contributed by atoms with E-state index in [1.54, 1.807) is 35.9 Å². The summed E-state index contributed by atoms with van der Waals surface area (Å²) in [5, 5.41) is 15.3. The molecule has 0 aliphatic carbocycles. The third kappa shape index (κ3) is 6.94. The van der Waals surface area contributed by atoms with E-state index in [1.165, 1.54) is 0 Å². The third-order valence-corrected chi connectivity index (χ3v) is 5.46. The SMILES string of the molecule is Cc1c(C(=O)Nc2ccccc2)c(-c2ccccc2)c([N+](=O)[O-])c(-c2ccccc2)[n+]1C.[O-][Cl+3]([O-])([O-])[O-]. The van der Waals surface area contributed by atoms with Crippen LogP contribution < -0.4 is 28.5 Å². The third-order valence-electron chi connectivity index (χ3n) is 5.46. The van der Waals surface area contributed by atoms with Crippen molar-refractivity contribution in [2.24, 2.45) is 7.05 Å². The molecule has 0 fully saturated rings. The number of pyridine rings is 1. The van der Waals surface area contributed by atoms with Crippen molar-refractivity contribution < 1.29 is 43.2 Å². The number of halogens is 1. The molecule has 0 aliphatic heterocycles. The molecule has 0 atom stereocenters. The summed E-state index contributed by atoms with van der Waals surface area (Å²) < 4.78 is 35.7. The number of nitrogens with zero attached hydrogens (tertiary/aromatic N) is 2. The lowest BCUT2D eigenvalue weighted by molar-refractivity contribution is -2.00. The molecule has 4 aromatic rings. The van der Waals surface area contributed by atoms with Gasteiger partial charge < -0.3 is 5.32 Å². The van der Waals surface area contributed by atoms with E-state index in [2.05, 4.69) is 5.32 Å². The van der Waals surface area contributed by atoms with Gasteiger partial charge in [-0.3, -0.25) is 14.9 Å². The number of carbonyl (C=O) groups is 1. The van der Waals surface area contributed by atoms with E-state index in [0.29, 0.717) is 33.8 Å². The van der Waals surface area contributed by atoms with Crippen LogP contribution in [0.3, 0.4) is 0 Å². The molecule has 0 saturated heterocycles. The molecule has 1 N–H and O–H groups in total. The molecule has 190 valence electrons. The fourth-order valence-electron chi connectivity index (χ4n) is 3.89. The molecule has 4 rings (SSSR count). The van der Waals surface area contributed by atoms with Gasteiger partial charge in [0.15, 0.2) is 5.69 Å². The summed E-state index contributed by atoms with van der Waals surface area (Å²) in [5.41, 5.74) is 3.48. The number of nitrogens with one attached hydrogen (secondary N) is 1. The first kappa shape index (κ1) is 27.4. The van der Waals surface area contributed by atoms with Gasteiger partial charge in [-0.05, 0) is 29.8 Å². The lowest BCUT2D eigenvalue weighted by Gasteiger charge is -2.17. The van der Waals surface area contributed by atoms with Gasteiger partial charge in [-0.2, -0.15) is 4.57 Å². The van der Waals surface area contributed by atoms with Crippen LogP contribution in [-0.4, -0.2) is 10.8 Å². The van der Waals surface area contributed by atoms with Crippen molar-refractivity contribution in [1.29, 1.82) is 0 Å². The number of carbonyl (C=O) groups excluding carboxylic acids is 1. The minimum absolute atomic E-state index is 0.103. The second kappa shape index (κ2) is 11.7. The predicted molar refractivity (Wildman–Crippen MR) is 124 cm³/mol. The number of hydrogen-bond acceptors (Lipinski definition) is 7. The van der Waals surface area contributed by atoms with E-state index in [4.69, 9.17) is 18.6 Å². The van der Waals surface area contributed by atoms with E-state index < -0.39 is 21.1 Å². The summed E-state index contributed by atoms with van der Waals surface area (Å²) in [7, 11) is -3.20. The maximum Gasteiger partial charge on any atom is 0.349 e. The summed E-state index contributed by atoms with van der Waals surface area (Å²) in [4.78, 5) is 25.5. The van der Waals surface area contributed by atoms with Crippen molar-refractivity contribution in [3.63, 3.8) is 0 Å². The van der Waals surface area contributed by atoms with Crippen LogP contribution in [0.25, 0.3) is 22.4 Å². The Morgan fingerprint density at radius 3 is 1.70 bits per heavy atom. The van der Waals surface area contributed by atoms with Gasteiger partial charge in [-0.15, -0.1) is 10.2 Å². The van der Waals surface area contributed by atoms with Crippen LogP contribution >= 0.6 is 0 Å². The Bertz CT molecular complexity index is 1390. The maximum absolute atomic E-state index is 13.5. The minimum Gasteiger partial charge on any atom is -0.322 e. The van der Waals surface area contributed by atoms with Gasteiger partial charge in [0.2, 0.25) is 0 Å². The van der Waals surface area contributed by atoms with Gasteiger partial charge in [0.05, 0.1) is 16.1 Å². The standard InChI is InChI=1S/C26H21N3O3.ClHO4/c1-18-22(26(30)27-21-16-10-5-11-17-21)23(19-12-6-3-7-13-19)25(29(31)32)24(28(18)2)20-14-8-4-9-15-20;2-1(3,4)5/h3-17H,1-2H3;(H,2,3,4,5). The quantitative estimate of drug-likeness (QED) is 0.226. The Balaban J connectivity index is 0.000000695. The zero-order valence-corrected chi connectivity index (χ0v) is 20.5. The molecule has 0 spiro atoms. The number of anilines is 1. The monoisotopic (exact) mass is 523 g/mol. The normalized spacial score (nSPS) is 10.8. The number of rotatable bonds is 5. The lowest BCUT2D eigenvalue weighted by Crippen LogP contribution is -2.68. The van der Waals surface area contributed by atoms with Crippen LogP contribution in [0.15, 0.2) is 91.0 Å². The predicted octanol–water partition coefficient (Wildman–Crippen LogP) is 0.558. The highest BCUT2D eigenvalue weighted by atomic mass is 35.7. The van der Waals surface area contributed by atoms with Crippen molar-refractivity contribution in [3.05, 3.63) is 112 Å². The lowest BCUT2D eigenvalue weighted by atomic mass is 9.93. The molecule has 1 heterocycles. The molecule has 0 aliphatic rings. The van der Waals surface area contributed by atoms with Gasteiger partial charge in [0.25, 0.3) is 11.6 Å². The van der Waals surface area contributed by atoms with Crippen LogP contribution in [0.1, 0.15) is 16.1 Å². The number of amides is 1. The van der Waals surface area contributed by atoms with Crippen molar-refractivity contribution in [2.75, 3.05) is 5.32 Å². The molecule has 10 nitrogen and oxygen atoms in total. The highest BCUT2D eigenvalue weighted by Gasteiger charge is 2.38. The Morgan fingerprint density at radius 2 is 1.24 bits per heavy atom. The van der Waals surface area contributed by atoms with E-state index in [9.17, 15) is 14.9 Å². The smallest absolute Gasteiger partial charge is 0.322 e. The molecule has 0 bridgehead atoms. The molecular formula is C26H22ClN3O7. The molecular weight excluding hydrogens is 502 g/mol. The number of benzene rings is 3. The number of nitro groups is 1. The van der Waals surface area contributed by atoms with E-state index >= 15 is 0 Å². The average Bonchev–Trinajstić information content (AvgIpc) is 2.85. The van der Waals surface area contributed by atoms with Gasteiger partial charge >= 0.3 is 5.69 Å². The molecule has 0 saturated carbocycles. The van der Waals surface area contributed by atoms with Gasteiger partial charge in [-0.1, -0.05) is 66.7 Å². The number of hydrogen-bond donors (Lipinski definition) is 1. The van der Waals surface area contributed by atoms with E-state index in [-0.39, 0.29) is 11.3 Å². The summed E-state index contributed by atoms with van der Waals surface area (Å²) in [5.74, 6) is -0.397. The van der Waals surface area contributed by atoms with Crippen LogP contribution in [0, 0.1) is 27.3 Å². The molecule has 0 radical (unpaired) electrons. The molecule has 0 unspecified atom stereocenters. The van der Waals surface area contributed by atoms with Crippen molar-refractivity contribution in [3.8, 4) is 22.4 Å². The molecule has 3 aromatic carbocycles. The number of aromatic nitrogens is 1. The molecule has 1 aromatic heterocycles. The van der Waals surface area contributed by atoms with Crippen molar-refractivity contribution >= 4 is 17.3 Å². The van der Waals surface area contributed by atoms with Crippen molar-refractivity contribution in [1.82, 2.24) is 0 Å². The Hall–Kier alpha value is -4.19. The van der Waals surface area contributed by atoms with Crippen LogP contribution in [0.4, 0.5) is 11.4 Å². The zero-order chi connectivity index (χ0) is 27.2. The Morgan fingerprint density at radius 1 is 0.811 bits per heavy atom. The topological polar surface area (TPSA) is 168 Å². The average molecular weight is 524 g/mol.